The number of hydrogen-bond acceptors (Lipinski definition) is 4. The van der Waals surface area contributed by atoms with E-state index >= 15 is 0 Å². The predicted octanol–water partition coefficient (Wildman–Crippen LogP) is 0.240. The summed E-state index contributed by atoms with van der Waals surface area (Å²) in [6.45, 7) is 3.33. The van der Waals surface area contributed by atoms with Crippen LogP contribution in [0.5, 0.6) is 0 Å². The molecule has 19 heavy (non-hydrogen) atoms. The molecule has 3 N–H and O–H groups in total. The van der Waals surface area contributed by atoms with Crippen molar-refractivity contribution in [1.29, 1.82) is 0 Å². The zero-order valence-corrected chi connectivity index (χ0v) is 11.7. The first-order valence-electron chi connectivity index (χ1n) is 5.97. The van der Waals surface area contributed by atoms with Crippen LogP contribution in [0.2, 0.25) is 0 Å². The molecule has 1 unspecified atom stereocenters. The van der Waals surface area contributed by atoms with Gasteiger partial charge in [-0.05, 0) is 18.9 Å². The monoisotopic (exact) mass is 290 g/mol. The highest BCUT2D eigenvalue weighted by Crippen LogP contribution is 2.15. The lowest BCUT2D eigenvalue weighted by Crippen LogP contribution is -2.57. The second kappa shape index (κ2) is 5.60. The fraction of sp³-hybridized carbons (Fsp3) is 0.636. The van der Waals surface area contributed by atoms with Crippen molar-refractivity contribution in [3.8, 4) is 0 Å². The lowest BCUT2D eigenvalue weighted by molar-refractivity contribution is -0.144. The molecule has 8 heteroatoms. The number of nitrogens with one attached hydrogen (secondary N) is 2. The van der Waals surface area contributed by atoms with Gasteiger partial charge in [-0.2, -0.15) is 0 Å². The number of aliphatic carboxylic acids is 1. The normalized spacial score (nSPS) is 21.1. The van der Waals surface area contributed by atoms with Crippen molar-refractivity contribution in [2.24, 2.45) is 0 Å². The number of carbonyl (C=O) groups excluding carboxylic acids is 1. The molecule has 0 fully saturated rings. The minimum atomic E-state index is -3.25. The third kappa shape index (κ3) is 3.69. The minimum Gasteiger partial charge on any atom is -0.480 e. The highest BCUT2D eigenvalue weighted by atomic mass is 32.2. The Balaban J connectivity index is 2.65. The summed E-state index contributed by atoms with van der Waals surface area (Å²) < 4.78 is 22.4. The molecule has 0 saturated heterocycles. The van der Waals surface area contributed by atoms with Crippen molar-refractivity contribution in [3.05, 3.63) is 11.5 Å². The summed E-state index contributed by atoms with van der Waals surface area (Å²) in [5.74, 6) is -1.30. The number of urea groups is 1. The Morgan fingerprint density at radius 1 is 1.37 bits per heavy atom. The zero-order valence-electron chi connectivity index (χ0n) is 10.8. The van der Waals surface area contributed by atoms with Crippen molar-refractivity contribution in [3.63, 3.8) is 0 Å². The van der Waals surface area contributed by atoms with Crippen LogP contribution in [0.15, 0.2) is 11.5 Å². The number of carboxylic acids is 1. The smallest absolute Gasteiger partial charge is 0.329 e. The fourth-order valence-corrected chi connectivity index (χ4v) is 3.11. The van der Waals surface area contributed by atoms with Gasteiger partial charge in [0.2, 0.25) is 0 Å². The highest BCUT2D eigenvalue weighted by molar-refractivity contribution is 7.94. The van der Waals surface area contributed by atoms with Gasteiger partial charge in [-0.25, -0.2) is 18.0 Å². The summed E-state index contributed by atoms with van der Waals surface area (Å²) in [5, 5.41) is 15.0. The third-order valence-corrected chi connectivity index (χ3v) is 4.61. The standard InChI is InChI=1S/C11H18N2O5S/c1-3-11(4-2,9(14)15)13-10(16)12-8-5-6-19(17,18)7-8/h5-6,8H,3-4,7H2,1-2H3,(H,14,15)(H2,12,13,16). The molecule has 0 aliphatic carbocycles. The van der Waals surface area contributed by atoms with Crippen LogP contribution in [0, 0.1) is 0 Å². The Hall–Kier alpha value is -1.57. The molecule has 1 heterocycles. The summed E-state index contributed by atoms with van der Waals surface area (Å²) >= 11 is 0. The molecule has 0 radical (unpaired) electrons. The van der Waals surface area contributed by atoms with Crippen LogP contribution in [0.1, 0.15) is 26.7 Å². The third-order valence-electron chi connectivity index (χ3n) is 3.22. The van der Waals surface area contributed by atoms with Crippen molar-refractivity contribution in [1.82, 2.24) is 10.6 Å². The van der Waals surface area contributed by atoms with Crippen LogP contribution in [0.4, 0.5) is 4.79 Å². The number of hydrogen-bond donors (Lipinski definition) is 3. The van der Waals surface area contributed by atoms with Gasteiger partial charge in [-0.15, -0.1) is 0 Å². The summed E-state index contributed by atoms with van der Waals surface area (Å²) in [7, 11) is -3.25. The van der Waals surface area contributed by atoms with E-state index in [1.165, 1.54) is 6.08 Å². The maximum Gasteiger partial charge on any atom is 0.329 e. The molecule has 0 aromatic carbocycles. The number of amides is 2. The van der Waals surface area contributed by atoms with Crippen molar-refractivity contribution in [2.75, 3.05) is 5.75 Å². The summed E-state index contributed by atoms with van der Waals surface area (Å²) in [6, 6.07) is -1.30. The van der Waals surface area contributed by atoms with Gasteiger partial charge in [0.15, 0.2) is 9.84 Å². The summed E-state index contributed by atoms with van der Waals surface area (Å²) in [6.07, 6.45) is 1.85. The first kappa shape index (κ1) is 15.5. The average Bonchev–Trinajstić information content (AvgIpc) is 2.65. The van der Waals surface area contributed by atoms with E-state index in [1.54, 1.807) is 13.8 Å². The largest absolute Gasteiger partial charge is 0.480 e. The van der Waals surface area contributed by atoms with Crippen LogP contribution >= 0.6 is 0 Å². The van der Waals surface area contributed by atoms with Gasteiger partial charge in [0.05, 0.1) is 11.8 Å². The van der Waals surface area contributed by atoms with Crippen LogP contribution < -0.4 is 10.6 Å². The van der Waals surface area contributed by atoms with E-state index in [-0.39, 0.29) is 18.6 Å². The fourth-order valence-electron chi connectivity index (χ4n) is 1.87. The highest BCUT2D eigenvalue weighted by Gasteiger charge is 2.37. The van der Waals surface area contributed by atoms with Gasteiger partial charge in [-0.1, -0.05) is 13.8 Å². The molecular weight excluding hydrogens is 272 g/mol. The number of carbonyl (C=O) groups is 2. The molecule has 2 amide bonds. The molecule has 0 aromatic heterocycles. The maximum atomic E-state index is 11.7. The Morgan fingerprint density at radius 3 is 2.32 bits per heavy atom. The second-order valence-corrected chi connectivity index (χ2v) is 6.39. The topological polar surface area (TPSA) is 113 Å². The van der Waals surface area contributed by atoms with Crippen LogP contribution in [0.3, 0.4) is 0 Å². The van der Waals surface area contributed by atoms with Crippen molar-refractivity contribution in [2.45, 2.75) is 38.3 Å². The molecule has 1 rings (SSSR count). The lowest BCUT2D eigenvalue weighted by atomic mass is 9.93. The van der Waals surface area contributed by atoms with E-state index in [1.807, 2.05) is 0 Å². The molecule has 1 aliphatic rings. The molecule has 0 aromatic rings. The molecule has 1 aliphatic heterocycles. The minimum absolute atomic E-state index is 0.196. The predicted molar refractivity (Wildman–Crippen MR) is 69.3 cm³/mol. The molecular formula is C11H18N2O5S. The van der Waals surface area contributed by atoms with Gasteiger partial charge in [0.1, 0.15) is 5.54 Å². The Bertz CT molecular complexity index is 493. The Labute approximate surface area is 112 Å². The molecule has 0 bridgehead atoms. The van der Waals surface area contributed by atoms with E-state index in [0.29, 0.717) is 0 Å². The quantitative estimate of drug-likeness (QED) is 0.671. The van der Waals surface area contributed by atoms with Crippen LogP contribution in [0.25, 0.3) is 0 Å². The molecule has 7 nitrogen and oxygen atoms in total. The van der Waals surface area contributed by atoms with E-state index in [9.17, 15) is 18.0 Å². The van der Waals surface area contributed by atoms with Crippen LogP contribution in [-0.2, 0) is 14.6 Å². The Kier molecular flexibility index (Phi) is 4.56. The van der Waals surface area contributed by atoms with Crippen molar-refractivity contribution >= 4 is 21.8 Å². The van der Waals surface area contributed by atoms with E-state index in [4.69, 9.17) is 5.11 Å². The van der Waals surface area contributed by atoms with Gasteiger partial charge >= 0.3 is 12.0 Å². The van der Waals surface area contributed by atoms with Gasteiger partial charge < -0.3 is 15.7 Å². The molecule has 0 spiro atoms. The second-order valence-electron chi connectivity index (χ2n) is 4.46. The number of rotatable bonds is 5. The first-order chi connectivity index (χ1) is 8.74. The first-order valence-corrected chi connectivity index (χ1v) is 7.69. The maximum absolute atomic E-state index is 11.7. The summed E-state index contributed by atoms with van der Waals surface area (Å²) in [5.41, 5.74) is -1.33. The van der Waals surface area contributed by atoms with E-state index < -0.39 is 33.4 Å². The zero-order chi connectivity index (χ0) is 14.7. The SMILES string of the molecule is CCC(CC)(NC(=O)NC1C=CS(=O)(=O)C1)C(=O)O. The van der Waals surface area contributed by atoms with Gasteiger partial charge in [0, 0.05) is 5.41 Å². The van der Waals surface area contributed by atoms with Gasteiger partial charge in [0.25, 0.3) is 0 Å². The van der Waals surface area contributed by atoms with Crippen molar-refractivity contribution < 1.29 is 23.1 Å². The van der Waals surface area contributed by atoms with Crippen LogP contribution in [-0.4, -0.2) is 42.9 Å². The molecule has 108 valence electrons. The number of carboxylic acid groups (broad SMARTS) is 1. The van der Waals surface area contributed by atoms with E-state index in [2.05, 4.69) is 10.6 Å². The molecule has 0 saturated carbocycles. The number of sulfone groups is 1. The average molecular weight is 290 g/mol. The van der Waals surface area contributed by atoms with Gasteiger partial charge in [-0.3, -0.25) is 0 Å². The summed E-state index contributed by atoms with van der Waals surface area (Å²) in [4.78, 5) is 22.9. The lowest BCUT2D eigenvalue weighted by Gasteiger charge is -2.28. The Morgan fingerprint density at radius 2 is 1.95 bits per heavy atom. The molecule has 1 atom stereocenters. The van der Waals surface area contributed by atoms with E-state index in [0.717, 1.165) is 5.41 Å².